The van der Waals surface area contributed by atoms with E-state index in [-0.39, 0.29) is 0 Å². The summed E-state index contributed by atoms with van der Waals surface area (Å²) in [6, 6.07) is 0. The van der Waals surface area contributed by atoms with Gasteiger partial charge in [0.05, 0.1) is 35.9 Å². The highest BCUT2D eigenvalue weighted by molar-refractivity contribution is 7.09. The Morgan fingerprint density at radius 2 is 1.71 bits per heavy atom. The Labute approximate surface area is 218 Å². The summed E-state index contributed by atoms with van der Waals surface area (Å²) < 4.78 is 71.7. The molecular formula is C22H28F6N4O5S. The Morgan fingerprint density at radius 3 is 2.16 bits per heavy atom. The minimum atomic E-state index is -5.08. The van der Waals surface area contributed by atoms with Gasteiger partial charge in [-0.05, 0) is 25.7 Å². The normalized spacial score (nSPS) is 17.8. The Bertz CT molecular complexity index is 1040. The van der Waals surface area contributed by atoms with Crippen LogP contribution < -0.4 is 0 Å². The second-order valence-corrected chi connectivity index (χ2v) is 9.92. The van der Waals surface area contributed by atoms with Gasteiger partial charge in [0.15, 0.2) is 0 Å². The molecule has 1 unspecified atom stereocenters. The monoisotopic (exact) mass is 574 g/mol. The molecule has 2 aromatic heterocycles. The molecule has 9 nitrogen and oxygen atoms in total. The molecule has 0 aromatic carbocycles. The van der Waals surface area contributed by atoms with Crippen LogP contribution in [0.15, 0.2) is 11.7 Å². The summed E-state index contributed by atoms with van der Waals surface area (Å²) >= 11 is 1.69. The summed E-state index contributed by atoms with van der Waals surface area (Å²) in [4.78, 5) is 29.5. The number of aryl methyl sites for hydroxylation is 2. The Balaban J connectivity index is 0.000000301. The number of ether oxygens (including phenoxy) is 1. The van der Waals surface area contributed by atoms with E-state index in [0.717, 1.165) is 36.3 Å². The zero-order valence-electron chi connectivity index (χ0n) is 20.6. The van der Waals surface area contributed by atoms with Crippen molar-refractivity contribution in [1.29, 1.82) is 0 Å². The van der Waals surface area contributed by atoms with Crippen LogP contribution in [0, 0.1) is 12.8 Å². The molecule has 2 aliphatic rings. The predicted octanol–water partition coefficient (Wildman–Crippen LogP) is 4.37. The molecule has 1 atom stereocenters. The average molecular weight is 575 g/mol. The van der Waals surface area contributed by atoms with Gasteiger partial charge in [0, 0.05) is 43.7 Å². The van der Waals surface area contributed by atoms with E-state index in [1.54, 1.807) is 11.3 Å². The number of halogens is 6. The van der Waals surface area contributed by atoms with Crippen molar-refractivity contribution in [2.45, 2.75) is 57.6 Å². The van der Waals surface area contributed by atoms with Crippen molar-refractivity contribution < 1.29 is 50.9 Å². The van der Waals surface area contributed by atoms with Crippen molar-refractivity contribution in [2.24, 2.45) is 13.0 Å². The first-order valence-electron chi connectivity index (χ1n) is 11.4. The van der Waals surface area contributed by atoms with Crippen LogP contribution in [0.3, 0.4) is 0 Å². The number of fused-ring (bicyclic) bond motifs is 1. The molecule has 4 rings (SSSR count). The van der Waals surface area contributed by atoms with Gasteiger partial charge in [0.1, 0.15) is 0 Å². The highest BCUT2D eigenvalue weighted by Gasteiger charge is 2.39. The number of nitrogens with zero attached hydrogens (tertiary/aromatic N) is 4. The van der Waals surface area contributed by atoms with Gasteiger partial charge in [-0.3, -0.25) is 4.90 Å². The Morgan fingerprint density at radius 1 is 1.13 bits per heavy atom. The predicted molar refractivity (Wildman–Crippen MR) is 122 cm³/mol. The molecule has 1 aliphatic heterocycles. The maximum absolute atomic E-state index is 10.6. The van der Waals surface area contributed by atoms with E-state index in [0.29, 0.717) is 12.5 Å². The number of aliphatic carboxylic acids is 2. The lowest BCUT2D eigenvalue weighted by Crippen LogP contribution is -2.40. The summed E-state index contributed by atoms with van der Waals surface area (Å²) in [5.74, 6) is -4.21. The van der Waals surface area contributed by atoms with Crippen LogP contribution in [0.25, 0.3) is 0 Å². The van der Waals surface area contributed by atoms with Gasteiger partial charge >= 0.3 is 24.3 Å². The standard InChI is InChI=1S/C18H26N4OS.2C2HF3O2/c1-13-20-16(11-24-13)10-23-9-15-7-22(6-14-4-3-5-14)8-17-18(15)21(2)12-19-17;2*3-2(4,5)1(6)7/h11-12,14-15H,3-10H2,1-2H3;2*(H,6,7). The maximum Gasteiger partial charge on any atom is 0.490 e. The van der Waals surface area contributed by atoms with Crippen LogP contribution in [-0.2, 0) is 34.5 Å². The SMILES string of the molecule is Cc1nc(COCC2CN(CC3CCC3)Cc3ncn(C)c32)cs1.O=C(O)C(F)(F)F.O=C(O)C(F)(F)F. The molecular weight excluding hydrogens is 546 g/mol. The number of hydrogen-bond donors (Lipinski definition) is 2. The van der Waals surface area contributed by atoms with E-state index in [9.17, 15) is 26.3 Å². The van der Waals surface area contributed by atoms with Crippen LogP contribution in [0.5, 0.6) is 0 Å². The van der Waals surface area contributed by atoms with Crippen LogP contribution in [0.2, 0.25) is 0 Å². The van der Waals surface area contributed by atoms with Crippen LogP contribution >= 0.6 is 11.3 Å². The van der Waals surface area contributed by atoms with E-state index >= 15 is 0 Å². The fourth-order valence-corrected chi connectivity index (χ4v) is 4.50. The molecule has 1 saturated carbocycles. The molecule has 0 saturated heterocycles. The van der Waals surface area contributed by atoms with Crippen molar-refractivity contribution in [1.82, 2.24) is 19.4 Å². The molecule has 38 heavy (non-hydrogen) atoms. The number of alkyl halides is 6. The highest BCUT2D eigenvalue weighted by atomic mass is 32.1. The molecule has 1 fully saturated rings. The third-order valence-electron chi connectivity index (χ3n) is 5.76. The van der Waals surface area contributed by atoms with Gasteiger partial charge in [0.2, 0.25) is 0 Å². The third kappa shape index (κ3) is 9.87. The van der Waals surface area contributed by atoms with Gasteiger partial charge in [0.25, 0.3) is 0 Å². The van der Waals surface area contributed by atoms with Gasteiger partial charge in [-0.15, -0.1) is 11.3 Å². The zero-order chi connectivity index (χ0) is 28.7. The largest absolute Gasteiger partial charge is 0.490 e. The zero-order valence-corrected chi connectivity index (χ0v) is 21.4. The number of rotatable bonds is 6. The number of imidazole rings is 1. The minimum absolute atomic E-state index is 0.404. The molecule has 3 heterocycles. The topological polar surface area (TPSA) is 118 Å². The first-order valence-corrected chi connectivity index (χ1v) is 12.3. The second-order valence-electron chi connectivity index (χ2n) is 8.85. The molecule has 0 bridgehead atoms. The van der Waals surface area contributed by atoms with Crippen LogP contribution in [0.4, 0.5) is 26.3 Å². The number of carboxylic acids is 2. The third-order valence-corrected chi connectivity index (χ3v) is 6.59. The minimum Gasteiger partial charge on any atom is -0.475 e. The molecule has 0 spiro atoms. The molecule has 1 aliphatic carbocycles. The number of aromatic nitrogens is 3. The van der Waals surface area contributed by atoms with E-state index in [2.05, 4.69) is 31.9 Å². The lowest BCUT2D eigenvalue weighted by atomic mass is 9.84. The molecule has 2 N–H and O–H groups in total. The average Bonchev–Trinajstić information content (AvgIpc) is 3.35. The molecule has 0 amide bonds. The van der Waals surface area contributed by atoms with Crippen molar-refractivity contribution in [3.63, 3.8) is 0 Å². The quantitative estimate of drug-likeness (QED) is 0.489. The van der Waals surface area contributed by atoms with Crippen molar-refractivity contribution in [2.75, 3.05) is 19.7 Å². The number of carbonyl (C=O) groups is 2. The summed E-state index contributed by atoms with van der Waals surface area (Å²) in [6.45, 7) is 6.68. The van der Waals surface area contributed by atoms with Crippen molar-refractivity contribution in [3.8, 4) is 0 Å². The van der Waals surface area contributed by atoms with E-state index in [1.807, 2.05) is 13.3 Å². The van der Waals surface area contributed by atoms with Gasteiger partial charge in [-0.2, -0.15) is 26.3 Å². The number of thiazole rings is 1. The summed E-state index contributed by atoms with van der Waals surface area (Å²) in [5.41, 5.74) is 3.64. The van der Waals surface area contributed by atoms with Crippen LogP contribution in [-0.4, -0.2) is 73.6 Å². The highest BCUT2D eigenvalue weighted by Crippen LogP contribution is 2.32. The lowest BCUT2D eigenvalue weighted by molar-refractivity contribution is -0.193. The van der Waals surface area contributed by atoms with E-state index in [4.69, 9.17) is 24.5 Å². The lowest BCUT2D eigenvalue weighted by Gasteiger charge is -2.37. The van der Waals surface area contributed by atoms with Gasteiger partial charge in [-0.25, -0.2) is 19.6 Å². The molecule has 2 aromatic rings. The first kappa shape index (κ1) is 31.5. The summed E-state index contributed by atoms with van der Waals surface area (Å²) in [7, 11) is 2.10. The second kappa shape index (κ2) is 13.4. The maximum atomic E-state index is 10.6. The Kier molecular flexibility index (Phi) is 11.1. The van der Waals surface area contributed by atoms with Crippen molar-refractivity contribution >= 4 is 23.3 Å². The molecule has 16 heteroatoms. The Hall–Kier alpha value is -2.72. The molecule has 214 valence electrons. The van der Waals surface area contributed by atoms with Gasteiger partial charge in [-0.1, -0.05) is 6.42 Å². The summed E-state index contributed by atoms with van der Waals surface area (Å²) in [5, 5.41) is 17.4. The van der Waals surface area contributed by atoms with Crippen molar-refractivity contribution in [3.05, 3.63) is 33.8 Å². The fourth-order valence-electron chi connectivity index (χ4n) is 3.90. The fraction of sp³-hybridized carbons (Fsp3) is 0.636. The number of carboxylic acid groups (broad SMARTS) is 2. The first-order chi connectivity index (χ1) is 17.6. The number of hydrogen-bond acceptors (Lipinski definition) is 7. The van der Waals surface area contributed by atoms with E-state index < -0.39 is 24.3 Å². The smallest absolute Gasteiger partial charge is 0.475 e. The van der Waals surface area contributed by atoms with E-state index in [1.165, 1.54) is 37.2 Å². The van der Waals surface area contributed by atoms with Gasteiger partial charge < -0.3 is 19.5 Å². The van der Waals surface area contributed by atoms with Crippen LogP contribution in [0.1, 0.15) is 47.3 Å². The summed E-state index contributed by atoms with van der Waals surface area (Å²) in [6.07, 6.45) is -4.01. The molecule has 0 radical (unpaired) electrons.